The first-order chi connectivity index (χ1) is 14.6. The lowest BCUT2D eigenvalue weighted by atomic mass is 10.1. The second-order valence-electron chi connectivity index (χ2n) is 6.51. The van der Waals surface area contributed by atoms with Gasteiger partial charge < -0.3 is 23.8 Å². The molecule has 30 heavy (non-hydrogen) atoms. The Kier molecular flexibility index (Phi) is 4.69. The molecule has 1 aliphatic heterocycles. The van der Waals surface area contributed by atoms with E-state index in [9.17, 15) is 15.0 Å². The molecule has 0 radical (unpaired) electrons. The minimum absolute atomic E-state index is 0.0781. The molecule has 0 amide bonds. The van der Waals surface area contributed by atoms with Gasteiger partial charge in [-0.05, 0) is 36.0 Å². The number of aliphatic hydroxyl groups is 2. The molecule has 0 spiro atoms. The summed E-state index contributed by atoms with van der Waals surface area (Å²) in [7, 11) is 0. The summed E-state index contributed by atoms with van der Waals surface area (Å²) >= 11 is 2.11. The van der Waals surface area contributed by atoms with Crippen LogP contribution in [0.25, 0.3) is 22.2 Å². The van der Waals surface area contributed by atoms with Crippen LogP contribution in [0.2, 0.25) is 0 Å². The van der Waals surface area contributed by atoms with Crippen LogP contribution in [0.15, 0.2) is 78.5 Å². The standard InChI is InChI=1S/C20H14N2O6S2/c23-9-20(10-29-18-21-11-5-1-3-7-13(11)26-18)16(15(24)17(25)28-20)30-19-22-12-6-2-4-8-14(12)27-19/h1-8,23-24H,9-10H2. The first kappa shape index (κ1) is 19.0. The van der Waals surface area contributed by atoms with Crippen molar-refractivity contribution in [3.8, 4) is 0 Å². The lowest BCUT2D eigenvalue weighted by Gasteiger charge is -2.26. The number of carbonyl (C=O) groups excluding carboxylic acids is 1. The number of oxazole rings is 2. The van der Waals surface area contributed by atoms with Gasteiger partial charge in [0.25, 0.3) is 10.4 Å². The number of aliphatic hydroxyl groups excluding tert-OH is 2. The second-order valence-corrected chi connectivity index (χ2v) is 8.39. The predicted octanol–water partition coefficient (Wildman–Crippen LogP) is 3.91. The lowest BCUT2D eigenvalue weighted by Crippen LogP contribution is -2.38. The zero-order valence-electron chi connectivity index (χ0n) is 15.3. The number of benzene rings is 2. The zero-order valence-corrected chi connectivity index (χ0v) is 16.9. The highest BCUT2D eigenvalue weighted by Gasteiger charge is 2.49. The number of fused-ring (bicyclic) bond motifs is 2. The Morgan fingerprint density at radius 2 is 1.53 bits per heavy atom. The fourth-order valence-electron chi connectivity index (χ4n) is 3.04. The van der Waals surface area contributed by atoms with E-state index in [2.05, 4.69) is 9.97 Å². The summed E-state index contributed by atoms with van der Waals surface area (Å²) in [6, 6.07) is 14.5. The molecule has 152 valence electrons. The summed E-state index contributed by atoms with van der Waals surface area (Å²) in [5, 5.41) is 21.0. The van der Waals surface area contributed by atoms with Gasteiger partial charge >= 0.3 is 5.97 Å². The van der Waals surface area contributed by atoms with Crippen molar-refractivity contribution in [3.05, 3.63) is 59.2 Å². The van der Waals surface area contributed by atoms with Crippen molar-refractivity contribution >= 4 is 51.7 Å². The van der Waals surface area contributed by atoms with Crippen molar-refractivity contribution in [2.45, 2.75) is 16.0 Å². The van der Waals surface area contributed by atoms with Gasteiger partial charge in [0.1, 0.15) is 11.0 Å². The molecule has 0 fully saturated rings. The van der Waals surface area contributed by atoms with Gasteiger partial charge in [0.2, 0.25) is 5.76 Å². The van der Waals surface area contributed by atoms with E-state index in [-0.39, 0.29) is 15.9 Å². The number of aromatic nitrogens is 2. The molecule has 3 heterocycles. The molecule has 0 saturated heterocycles. The van der Waals surface area contributed by atoms with Crippen molar-refractivity contribution in [3.63, 3.8) is 0 Å². The third-order valence-electron chi connectivity index (χ3n) is 4.53. The van der Waals surface area contributed by atoms with Crippen LogP contribution in [0.5, 0.6) is 0 Å². The number of ether oxygens (including phenoxy) is 1. The maximum Gasteiger partial charge on any atom is 0.375 e. The van der Waals surface area contributed by atoms with Gasteiger partial charge in [0.05, 0.1) is 17.3 Å². The molecule has 0 saturated carbocycles. The molecule has 1 aliphatic rings. The third-order valence-corrected chi connectivity index (χ3v) is 6.68. The van der Waals surface area contributed by atoms with Gasteiger partial charge in [-0.1, -0.05) is 36.0 Å². The number of thioether (sulfide) groups is 2. The maximum absolute atomic E-state index is 12.1. The molecule has 8 nitrogen and oxygen atoms in total. The second kappa shape index (κ2) is 7.38. The topological polar surface area (TPSA) is 119 Å². The Balaban J connectivity index is 1.43. The Labute approximate surface area is 177 Å². The van der Waals surface area contributed by atoms with Crippen LogP contribution in [-0.4, -0.2) is 44.1 Å². The smallest absolute Gasteiger partial charge is 0.375 e. The summed E-state index contributed by atoms with van der Waals surface area (Å²) in [6.07, 6.45) is 0. The molecule has 2 aromatic heterocycles. The fraction of sp³-hybridized carbons (Fsp3) is 0.150. The highest BCUT2D eigenvalue weighted by molar-refractivity contribution is 8.03. The first-order valence-corrected chi connectivity index (χ1v) is 10.7. The zero-order chi connectivity index (χ0) is 20.7. The minimum atomic E-state index is -1.47. The van der Waals surface area contributed by atoms with Crippen LogP contribution >= 0.6 is 23.5 Å². The van der Waals surface area contributed by atoms with Gasteiger partial charge in [-0.3, -0.25) is 0 Å². The number of para-hydroxylation sites is 4. The van der Waals surface area contributed by atoms with Crippen molar-refractivity contribution in [1.82, 2.24) is 9.97 Å². The van der Waals surface area contributed by atoms with E-state index in [0.717, 1.165) is 11.8 Å². The van der Waals surface area contributed by atoms with Gasteiger partial charge in [0, 0.05) is 0 Å². The molecular formula is C20H14N2O6S2. The normalized spacial score (nSPS) is 19.2. The first-order valence-electron chi connectivity index (χ1n) is 8.88. The number of esters is 1. The molecule has 2 aromatic carbocycles. The van der Waals surface area contributed by atoms with Crippen LogP contribution in [0.3, 0.4) is 0 Å². The minimum Gasteiger partial charge on any atom is -0.501 e. The molecule has 1 atom stereocenters. The van der Waals surface area contributed by atoms with E-state index in [1.54, 1.807) is 18.2 Å². The van der Waals surface area contributed by atoms with Crippen LogP contribution < -0.4 is 0 Å². The van der Waals surface area contributed by atoms with Gasteiger partial charge in [-0.2, -0.15) is 0 Å². The highest BCUT2D eigenvalue weighted by Crippen LogP contribution is 2.45. The molecule has 4 aromatic rings. The van der Waals surface area contributed by atoms with Crippen LogP contribution in [0.4, 0.5) is 0 Å². The number of carbonyl (C=O) groups is 1. The van der Waals surface area contributed by atoms with Gasteiger partial charge in [0.15, 0.2) is 16.8 Å². The summed E-state index contributed by atoms with van der Waals surface area (Å²) in [4.78, 5) is 21.0. The summed E-state index contributed by atoms with van der Waals surface area (Å²) < 4.78 is 16.7. The van der Waals surface area contributed by atoms with E-state index in [1.165, 1.54) is 11.8 Å². The summed E-state index contributed by atoms with van der Waals surface area (Å²) in [6.45, 7) is -0.543. The third kappa shape index (κ3) is 3.22. The Hall–Kier alpha value is -2.95. The molecule has 0 bridgehead atoms. The van der Waals surface area contributed by atoms with E-state index < -0.39 is 23.9 Å². The van der Waals surface area contributed by atoms with E-state index >= 15 is 0 Å². The van der Waals surface area contributed by atoms with E-state index in [1.807, 2.05) is 30.3 Å². The molecular weight excluding hydrogens is 428 g/mol. The van der Waals surface area contributed by atoms with Gasteiger partial charge in [-0.15, -0.1) is 0 Å². The summed E-state index contributed by atoms with van der Waals surface area (Å²) in [5.41, 5.74) is 1.06. The largest absolute Gasteiger partial charge is 0.501 e. The number of cyclic esters (lactones) is 1. The maximum atomic E-state index is 12.1. The van der Waals surface area contributed by atoms with Gasteiger partial charge in [-0.25, -0.2) is 14.8 Å². The van der Waals surface area contributed by atoms with Crippen molar-refractivity contribution < 1.29 is 28.6 Å². The molecule has 2 N–H and O–H groups in total. The van der Waals surface area contributed by atoms with Crippen LogP contribution in [0, 0.1) is 0 Å². The molecule has 5 rings (SSSR count). The number of hydrogen-bond donors (Lipinski definition) is 2. The molecule has 0 aliphatic carbocycles. The average molecular weight is 442 g/mol. The molecule has 10 heteroatoms. The van der Waals surface area contributed by atoms with Crippen molar-refractivity contribution in [1.29, 1.82) is 0 Å². The average Bonchev–Trinajstić information content (AvgIpc) is 3.42. The SMILES string of the molecule is O=C1OC(CO)(CSc2nc3ccccc3o2)C(Sc2nc3ccccc3o2)=C1O. The van der Waals surface area contributed by atoms with Crippen LogP contribution in [-0.2, 0) is 9.53 Å². The lowest BCUT2D eigenvalue weighted by molar-refractivity contribution is -0.149. The van der Waals surface area contributed by atoms with E-state index in [0.29, 0.717) is 27.4 Å². The number of rotatable bonds is 6. The molecule has 1 unspecified atom stereocenters. The predicted molar refractivity (Wildman–Crippen MR) is 110 cm³/mol. The number of nitrogens with zero attached hydrogens (tertiary/aromatic N) is 2. The van der Waals surface area contributed by atoms with E-state index in [4.69, 9.17) is 13.6 Å². The van der Waals surface area contributed by atoms with Crippen molar-refractivity contribution in [2.24, 2.45) is 0 Å². The highest BCUT2D eigenvalue weighted by atomic mass is 32.2. The van der Waals surface area contributed by atoms with Crippen molar-refractivity contribution in [2.75, 3.05) is 12.4 Å². The quantitative estimate of drug-likeness (QED) is 0.336. The Morgan fingerprint density at radius 3 is 2.17 bits per heavy atom. The summed E-state index contributed by atoms with van der Waals surface area (Å²) in [5.74, 6) is -1.41. The number of hydrogen-bond acceptors (Lipinski definition) is 10. The Bertz CT molecular complexity index is 1230. The Morgan fingerprint density at radius 1 is 0.933 bits per heavy atom. The fourth-order valence-corrected chi connectivity index (χ4v) is 5.09. The monoisotopic (exact) mass is 442 g/mol. The van der Waals surface area contributed by atoms with Crippen LogP contribution in [0.1, 0.15) is 0 Å².